The molecule has 0 radical (unpaired) electrons. The van der Waals surface area contributed by atoms with Gasteiger partial charge in [0.15, 0.2) is 0 Å². The normalized spacial score (nSPS) is 18.2. The highest BCUT2D eigenvalue weighted by molar-refractivity contribution is 5.69. The lowest BCUT2D eigenvalue weighted by atomic mass is 10.1. The zero-order chi connectivity index (χ0) is 12.6. The Morgan fingerprint density at radius 2 is 1.71 bits per heavy atom. The van der Waals surface area contributed by atoms with Gasteiger partial charge in [0, 0.05) is 13.3 Å². The zero-order valence-corrected chi connectivity index (χ0v) is 11.0. The predicted molar refractivity (Wildman–Crippen MR) is 64.4 cm³/mol. The van der Waals surface area contributed by atoms with Gasteiger partial charge in [-0.25, -0.2) is 0 Å². The van der Waals surface area contributed by atoms with Gasteiger partial charge in [0.2, 0.25) is 0 Å². The minimum Gasteiger partial charge on any atom is -0.408 e. The van der Waals surface area contributed by atoms with E-state index in [4.69, 9.17) is 14.2 Å². The van der Waals surface area contributed by atoms with Crippen molar-refractivity contribution in [3.05, 3.63) is 0 Å². The van der Waals surface area contributed by atoms with Gasteiger partial charge in [-0.2, -0.15) is 0 Å². The molecule has 1 heterocycles. The lowest BCUT2D eigenvalue weighted by Crippen LogP contribution is -2.32. The molecule has 4 nitrogen and oxygen atoms in total. The smallest absolute Gasteiger partial charge is 0.326 e. The third-order valence-corrected chi connectivity index (χ3v) is 2.85. The van der Waals surface area contributed by atoms with Crippen LogP contribution in [0.5, 0.6) is 0 Å². The molecule has 0 unspecified atom stereocenters. The van der Waals surface area contributed by atoms with E-state index in [0.717, 1.165) is 12.8 Å². The number of ether oxygens (including phenoxy) is 3. The molecule has 0 aliphatic carbocycles. The number of esters is 1. The van der Waals surface area contributed by atoms with E-state index in [-0.39, 0.29) is 5.97 Å². The highest BCUT2D eigenvalue weighted by Gasteiger charge is 2.35. The third kappa shape index (κ3) is 6.03. The van der Waals surface area contributed by atoms with Gasteiger partial charge in [-0.05, 0) is 6.42 Å². The van der Waals surface area contributed by atoms with Crippen LogP contribution in [0.3, 0.4) is 0 Å². The monoisotopic (exact) mass is 244 g/mol. The largest absolute Gasteiger partial charge is 0.408 e. The average Bonchev–Trinajstić information content (AvgIpc) is 2.70. The van der Waals surface area contributed by atoms with Crippen molar-refractivity contribution in [3.63, 3.8) is 0 Å². The van der Waals surface area contributed by atoms with Crippen molar-refractivity contribution >= 4 is 5.97 Å². The van der Waals surface area contributed by atoms with E-state index < -0.39 is 5.97 Å². The van der Waals surface area contributed by atoms with Crippen LogP contribution in [0.2, 0.25) is 0 Å². The first-order chi connectivity index (χ1) is 8.16. The summed E-state index contributed by atoms with van der Waals surface area (Å²) in [5.41, 5.74) is 0. The Hall–Kier alpha value is -0.610. The van der Waals surface area contributed by atoms with E-state index in [9.17, 15) is 4.79 Å². The second-order valence-electron chi connectivity index (χ2n) is 4.55. The van der Waals surface area contributed by atoms with Crippen molar-refractivity contribution in [1.82, 2.24) is 0 Å². The molecule has 17 heavy (non-hydrogen) atoms. The summed E-state index contributed by atoms with van der Waals surface area (Å²) >= 11 is 0. The standard InChI is InChI=1S/C13H24O4/c1-3-4-5-6-7-8-9-12(14)17-13(2)15-10-11-16-13/h3-11H2,1-2H3. The Kier molecular flexibility index (Phi) is 6.52. The van der Waals surface area contributed by atoms with Gasteiger partial charge < -0.3 is 14.2 Å². The number of carbonyl (C=O) groups excluding carboxylic acids is 1. The maximum absolute atomic E-state index is 11.5. The average molecular weight is 244 g/mol. The van der Waals surface area contributed by atoms with Gasteiger partial charge in [-0.1, -0.05) is 39.0 Å². The minimum absolute atomic E-state index is 0.232. The number of hydrogen-bond donors (Lipinski definition) is 0. The number of unbranched alkanes of at least 4 members (excludes halogenated alkanes) is 5. The molecular weight excluding hydrogens is 220 g/mol. The van der Waals surface area contributed by atoms with Crippen LogP contribution in [0.4, 0.5) is 0 Å². The van der Waals surface area contributed by atoms with Gasteiger partial charge in [0.05, 0.1) is 13.2 Å². The molecule has 0 atom stereocenters. The number of carbonyl (C=O) groups is 1. The molecule has 0 aromatic rings. The third-order valence-electron chi connectivity index (χ3n) is 2.85. The molecular formula is C13H24O4. The highest BCUT2D eigenvalue weighted by atomic mass is 16.9. The molecule has 1 fully saturated rings. The lowest BCUT2D eigenvalue weighted by Gasteiger charge is -2.21. The van der Waals surface area contributed by atoms with Gasteiger partial charge in [-0.3, -0.25) is 4.79 Å². The molecule has 0 amide bonds. The Balaban J connectivity index is 2.01. The summed E-state index contributed by atoms with van der Waals surface area (Å²) < 4.78 is 15.6. The first kappa shape index (κ1) is 14.5. The molecule has 0 saturated carbocycles. The molecule has 1 rings (SSSR count). The molecule has 0 bridgehead atoms. The Morgan fingerprint density at radius 1 is 1.12 bits per heavy atom. The fourth-order valence-corrected chi connectivity index (χ4v) is 1.86. The Labute approximate surface area is 104 Å². The van der Waals surface area contributed by atoms with Crippen molar-refractivity contribution in [1.29, 1.82) is 0 Å². The van der Waals surface area contributed by atoms with Crippen LogP contribution in [0.15, 0.2) is 0 Å². The van der Waals surface area contributed by atoms with Crippen molar-refractivity contribution in [2.45, 2.75) is 64.8 Å². The molecule has 0 aromatic heterocycles. The molecule has 0 aromatic carbocycles. The van der Waals surface area contributed by atoms with E-state index in [1.165, 1.54) is 25.7 Å². The van der Waals surface area contributed by atoms with E-state index in [1.54, 1.807) is 6.92 Å². The molecule has 0 N–H and O–H groups in total. The van der Waals surface area contributed by atoms with Crippen LogP contribution in [-0.2, 0) is 19.0 Å². The molecule has 0 spiro atoms. The van der Waals surface area contributed by atoms with Crippen LogP contribution in [0, 0.1) is 0 Å². The second-order valence-corrected chi connectivity index (χ2v) is 4.55. The van der Waals surface area contributed by atoms with E-state index in [2.05, 4.69) is 6.92 Å². The quantitative estimate of drug-likeness (QED) is 0.486. The van der Waals surface area contributed by atoms with E-state index >= 15 is 0 Å². The van der Waals surface area contributed by atoms with E-state index in [1.807, 2.05) is 0 Å². The molecule has 1 saturated heterocycles. The van der Waals surface area contributed by atoms with E-state index in [0.29, 0.717) is 19.6 Å². The summed E-state index contributed by atoms with van der Waals surface area (Å²) in [7, 11) is 0. The van der Waals surface area contributed by atoms with Crippen molar-refractivity contribution < 1.29 is 19.0 Å². The summed E-state index contributed by atoms with van der Waals surface area (Å²) in [5.74, 6) is -1.37. The van der Waals surface area contributed by atoms with Crippen LogP contribution < -0.4 is 0 Å². The van der Waals surface area contributed by atoms with Gasteiger partial charge in [-0.15, -0.1) is 0 Å². The van der Waals surface area contributed by atoms with Crippen LogP contribution in [-0.4, -0.2) is 25.2 Å². The summed E-state index contributed by atoms with van der Waals surface area (Å²) in [4.78, 5) is 11.5. The first-order valence-electron chi connectivity index (χ1n) is 6.66. The summed E-state index contributed by atoms with van der Waals surface area (Å²) in [6.45, 7) is 4.81. The van der Waals surface area contributed by atoms with Crippen LogP contribution in [0.1, 0.15) is 58.8 Å². The number of hydrogen-bond acceptors (Lipinski definition) is 4. The summed E-state index contributed by atoms with van der Waals surface area (Å²) in [5, 5.41) is 0. The topological polar surface area (TPSA) is 44.8 Å². The Morgan fingerprint density at radius 3 is 2.35 bits per heavy atom. The van der Waals surface area contributed by atoms with Crippen LogP contribution in [0.25, 0.3) is 0 Å². The molecule has 1 aliphatic heterocycles. The molecule has 4 heteroatoms. The zero-order valence-electron chi connectivity index (χ0n) is 11.0. The Bertz CT molecular complexity index is 221. The van der Waals surface area contributed by atoms with Crippen molar-refractivity contribution in [3.8, 4) is 0 Å². The maximum atomic E-state index is 11.5. The number of rotatable bonds is 8. The van der Waals surface area contributed by atoms with Gasteiger partial charge >= 0.3 is 11.9 Å². The highest BCUT2D eigenvalue weighted by Crippen LogP contribution is 2.21. The van der Waals surface area contributed by atoms with Crippen molar-refractivity contribution in [2.24, 2.45) is 0 Å². The lowest BCUT2D eigenvalue weighted by molar-refractivity contribution is -0.301. The molecule has 100 valence electrons. The minimum atomic E-state index is -1.14. The summed E-state index contributed by atoms with van der Waals surface area (Å²) in [6, 6.07) is 0. The SMILES string of the molecule is CCCCCCCCC(=O)OC1(C)OCCO1. The maximum Gasteiger partial charge on any atom is 0.326 e. The second kappa shape index (κ2) is 7.67. The van der Waals surface area contributed by atoms with Crippen molar-refractivity contribution in [2.75, 3.05) is 13.2 Å². The van der Waals surface area contributed by atoms with Gasteiger partial charge in [0.1, 0.15) is 0 Å². The fourth-order valence-electron chi connectivity index (χ4n) is 1.86. The van der Waals surface area contributed by atoms with Gasteiger partial charge in [0.25, 0.3) is 0 Å². The van der Waals surface area contributed by atoms with Crippen LogP contribution >= 0.6 is 0 Å². The predicted octanol–water partition coefficient (Wildman–Crippen LogP) is 3.00. The summed E-state index contributed by atoms with van der Waals surface area (Å²) in [6.07, 6.45) is 7.42. The fraction of sp³-hybridized carbons (Fsp3) is 0.923. The first-order valence-corrected chi connectivity index (χ1v) is 6.66. The molecule has 1 aliphatic rings.